The Morgan fingerprint density at radius 2 is 1.03 bits per heavy atom. The molecule has 0 fully saturated rings. The molecule has 8 heterocycles. The summed E-state index contributed by atoms with van der Waals surface area (Å²) in [5.74, 6) is 8.52. The van der Waals surface area contributed by atoms with Crippen LogP contribution in [-0.2, 0) is 104 Å². The third-order valence-corrected chi connectivity index (χ3v) is 17.2. The van der Waals surface area contributed by atoms with E-state index >= 15 is 0 Å². The van der Waals surface area contributed by atoms with E-state index in [0.717, 1.165) is 151 Å². The molecule has 0 saturated heterocycles. The van der Waals surface area contributed by atoms with Crippen molar-refractivity contribution in [3.63, 3.8) is 0 Å². The number of para-hydroxylation sites is 1. The van der Waals surface area contributed by atoms with Gasteiger partial charge in [-0.05, 0) is 138 Å². The maximum absolute atomic E-state index is 4.66. The van der Waals surface area contributed by atoms with E-state index in [1.807, 2.05) is 81.7 Å². The first kappa shape index (κ1) is 87.3. The van der Waals surface area contributed by atoms with Crippen LogP contribution < -0.4 is 0 Å². The van der Waals surface area contributed by atoms with E-state index in [2.05, 4.69) is 302 Å². The van der Waals surface area contributed by atoms with Gasteiger partial charge in [0.1, 0.15) is 23.3 Å². The molecule has 12 aromatic rings. The van der Waals surface area contributed by atoms with E-state index in [1.54, 1.807) is 6.20 Å². The average molecular weight is 2100 g/mol. The molecule has 0 spiro atoms. The first-order valence-corrected chi connectivity index (χ1v) is 35.2. The fourth-order valence-corrected chi connectivity index (χ4v) is 11.7. The first-order valence-electron chi connectivity index (χ1n) is 35.2. The van der Waals surface area contributed by atoms with Gasteiger partial charge in [-0.2, -0.15) is 20.4 Å². The fraction of sp³-hybridized carbons (Fsp3) is 0.381. The Hall–Kier alpha value is -7.36. The number of hydrogen-bond donors (Lipinski definition) is 0. The minimum absolute atomic E-state index is 0. The summed E-state index contributed by atoms with van der Waals surface area (Å²) >= 11 is 0. The van der Waals surface area contributed by atoms with Crippen LogP contribution in [0.1, 0.15) is 221 Å². The zero-order valence-corrected chi connectivity index (χ0v) is 73.9. The molecule has 4 radical (unpaired) electrons. The number of aryl methyl sites for hydroxylation is 7. The van der Waals surface area contributed by atoms with Crippen molar-refractivity contribution in [3.05, 3.63) is 232 Å². The maximum atomic E-state index is 4.66. The summed E-state index contributed by atoms with van der Waals surface area (Å²) in [6.45, 7) is 47.7. The minimum atomic E-state index is -0.137. The van der Waals surface area contributed by atoms with Crippen LogP contribution in [0, 0.1) is 65.8 Å². The van der Waals surface area contributed by atoms with Crippen molar-refractivity contribution in [2.45, 2.75) is 213 Å². The minimum Gasteiger partial charge on any atom is -0.356 e. The molecule has 0 amide bonds. The van der Waals surface area contributed by atoms with Crippen molar-refractivity contribution in [2.75, 3.05) is 0 Å². The molecule has 104 heavy (non-hydrogen) atoms. The van der Waals surface area contributed by atoms with Crippen molar-refractivity contribution in [3.8, 4) is 73.9 Å². The van der Waals surface area contributed by atoms with Crippen molar-refractivity contribution < 1.29 is 80.4 Å². The van der Waals surface area contributed by atoms with Crippen molar-refractivity contribution in [2.24, 2.45) is 0 Å². The molecule has 556 valence electrons. The molecule has 0 bridgehead atoms. The zero-order valence-electron chi connectivity index (χ0n) is 64.3. The Morgan fingerprint density at radius 1 is 0.471 bits per heavy atom. The van der Waals surface area contributed by atoms with E-state index < -0.39 is 0 Å². The quantitative estimate of drug-likeness (QED) is 0.0839. The Balaban J connectivity index is 0.000000246. The van der Waals surface area contributed by atoms with E-state index in [9.17, 15) is 0 Å². The summed E-state index contributed by atoms with van der Waals surface area (Å²) in [6.07, 6.45) is 8.54. The first-order chi connectivity index (χ1) is 47.6. The van der Waals surface area contributed by atoms with Gasteiger partial charge < -0.3 is 38.2 Å². The Morgan fingerprint density at radius 3 is 1.57 bits per heavy atom. The summed E-state index contributed by atoms with van der Waals surface area (Å²) in [4.78, 5) is 18.5. The monoisotopic (exact) mass is 2100 g/mol. The Labute approximate surface area is 672 Å². The van der Waals surface area contributed by atoms with Gasteiger partial charge in [0.2, 0.25) is 0 Å². The molecule has 20 heteroatoms. The van der Waals surface area contributed by atoms with Crippen LogP contribution in [0.2, 0.25) is 0 Å². The molecule has 0 unspecified atom stereocenters. The SMILES string of the molecule is CC(C)c1ccc(-n2c(-c3[c-]cc(C(C)C)nc3)nnc2C(C)C)cc1.CCCc1nnc(-c2[c-]ccnc2-c2ccccc2C)n1CCC.Cc1[c-]c(-c2nnc(C(C)C)n2-c2ccccc2)c(C)nc1C.Cc1cc(C)cc(-n2c(-c3[c-]cc(C(C)(C)C)nc3)nnc2C(C)(C)C)c1.[Ir].[Ir].[Ir].[Ir]. The molecule has 0 aliphatic heterocycles. The number of benzene rings is 4. The van der Waals surface area contributed by atoms with Gasteiger partial charge in [-0.15, -0.1) is 68.4 Å². The molecular weight excluding hydrogens is 2000 g/mol. The largest absolute Gasteiger partial charge is 0.356 e. The van der Waals surface area contributed by atoms with Gasteiger partial charge in [0.05, 0.1) is 23.3 Å². The van der Waals surface area contributed by atoms with Gasteiger partial charge >= 0.3 is 0 Å². The second kappa shape index (κ2) is 38.8. The molecule has 12 rings (SSSR count). The molecule has 0 aliphatic carbocycles. The van der Waals surface area contributed by atoms with E-state index in [0.29, 0.717) is 11.8 Å². The summed E-state index contributed by atoms with van der Waals surface area (Å²) in [5, 5.41) is 35.8. The zero-order chi connectivity index (χ0) is 72.3. The smallest absolute Gasteiger partial charge is 0.133 e. The van der Waals surface area contributed by atoms with E-state index in [4.69, 9.17) is 0 Å². The molecule has 8 aromatic heterocycles. The number of rotatable bonds is 16. The summed E-state index contributed by atoms with van der Waals surface area (Å²) in [6, 6.07) is 52.9. The standard InChI is InChI=1S/C23H29N4.C22H27N4.C20H23N4.C19H21N4.4Ir/c1-15-11-16(2)13-18(12-15)27-20(25-26-21(27)23(6,7)8)17-9-10-19(24-14-17)22(3,4)5;1-14(2)17-7-10-19(11-8-17)26-21(16(5)6)24-25-22(26)18-9-12-20(15(3)4)23-13-18;1-4-9-18-22-23-20(24(18)14-5-2)17-12-8-13-21-19(17)16-11-7-6-10-15(16)3;1-12(2)18-21-22-19(23(18)16-9-7-6-8-10-16)17-11-13(3)14(4)20-15(17)5;;;;/h10-14H,1-8H3;7-8,10-16H,1-6H3;6-8,10-11,13H,4-5,9,14H2,1-3H3;6-10,12H,1-5H3;;;;/q4*-1;;;;. The van der Waals surface area contributed by atoms with Gasteiger partial charge in [-0.25, -0.2) is 0 Å². The Bertz CT molecular complexity index is 4650. The number of hydrogen-bond acceptors (Lipinski definition) is 12. The number of pyridine rings is 4. The van der Waals surface area contributed by atoms with Crippen LogP contribution in [0.25, 0.3) is 73.9 Å². The molecule has 0 atom stereocenters. The normalized spacial score (nSPS) is 11.2. The van der Waals surface area contributed by atoms with Crippen LogP contribution in [0.15, 0.2) is 134 Å². The van der Waals surface area contributed by atoms with Gasteiger partial charge in [-0.3, -0.25) is 0 Å². The predicted molar refractivity (Wildman–Crippen MR) is 404 cm³/mol. The third kappa shape index (κ3) is 21.0. The molecule has 0 aliphatic rings. The van der Waals surface area contributed by atoms with Crippen LogP contribution in [-0.4, -0.2) is 79.0 Å². The number of nitrogens with zero attached hydrogens (tertiary/aromatic N) is 16. The van der Waals surface area contributed by atoms with Gasteiger partial charge in [0, 0.05) is 128 Å². The van der Waals surface area contributed by atoms with Crippen LogP contribution in [0.5, 0.6) is 0 Å². The predicted octanol–water partition coefficient (Wildman–Crippen LogP) is 19.5. The summed E-state index contributed by atoms with van der Waals surface area (Å²) in [5.41, 5.74) is 18.6. The van der Waals surface area contributed by atoms with Gasteiger partial charge in [-0.1, -0.05) is 239 Å². The Kier molecular flexibility index (Phi) is 32.5. The average Bonchev–Trinajstić information content (AvgIpc) is 1.61. The van der Waals surface area contributed by atoms with E-state index in [-0.39, 0.29) is 103 Å². The van der Waals surface area contributed by atoms with E-state index in [1.165, 1.54) is 22.3 Å². The van der Waals surface area contributed by atoms with Crippen LogP contribution >= 0.6 is 0 Å². The molecule has 0 N–H and O–H groups in total. The molecule has 4 aromatic carbocycles. The fourth-order valence-electron chi connectivity index (χ4n) is 11.7. The van der Waals surface area contributed by atoms with Crippen molar-refractivity contribution in [1.82, 2.24) is 79.0 Å². The van der Waals surface area contributed by atoms with Crippen LogP contribution in [0.3, 0.4) is 0 Å². The summed E-state index contributed by atoms with van der Waals surface area (Å²) < 4.78 is 8.60. The third-order valence-electron chi connectivity index (χ3n) is 17.2. The second-order valence-corrected chi connectivity index (χ2v) is 29.1. The topological polar surface area (TPSA) is 174 Å². The van der Waals surface area contributed by atoms with Gasteiger partial charge in [0.25, 0.3) is 0 Å². The van der Waals surface area contributed by atoms with Gasteiger partial charge in [0.15, 0.2) is 0 Å². The molecule has 16 nitrogen and oxygen atoms in total. The second-order valence-electron chi connectivity index (χ2n) is 29.1. The maximum Gasteiger partial charge on any atom is 0.133 e. The molecular formula is C84H100Ir4N16-4. The van der Waals surface area contributed by atoms with Crippen molar-refractivity contribution in [1.29, 1.82) is 0 Å². The summed E-state index contributed by atoms with van der Waals surface area (Å²) in [7, 11) is 0. The van der Waals surface area contributed by atoms with Crippen molar-refractivity contribution >= 4 is 0 Å². The molecule has 0 saturated carbocycles. The van der Waals surface area contributed by atoms with Crippen LogP contribution in [0.4, 0.5) is 0 Å². The number of aromatic nitrogens is 16.